The number of para-hydroxylation sites is 2. The van der Waals surface area contributed by atoms with Crippen molar-refractivity contribution in [2.75, 3.05) is 50.8 Å². The lowest BCUT2D eigenvalue weighted by molar-refractivity contribution is -0.132. The monoisotopic (exact) mass is 346 g/mol. The Morgan fingerprint density at radius 3 is 2.56 bits per heavy atom. The van der Waals surface area contributed by atoms with E-state index in [1.165, 1.54) is 4.90 Å². The zero-order valence-corrected chi connectivity index (χ0v) is 14.9. The van der Waals surface area contributed by atoms with E-state index < -0.39 is 0 Å². The molecule has 0 bridgehead atoms. The van der Waals surface area contributed by atoms with Crippen molar-refractivity contribution in [3.05, 3.63) is 24.3 Å². The van der Waals surface area contributed by atoms with Gasteiger partial charge in [-0.1, -0.05) is 12.1 Å². The molecule has 0 spiro atoms. The van der Waals surface area contributed by atoms with Gasteiger partial charge in [0.05, 0.1) is 18.3 Å². The second-order valence-corrected chi connectivity index (χ2v) is 6.32. The van der Waals surface area contributed by atoms with Crippen molar-refractivity contribution in [3.8, 4) is 5.75 Å². The molecule has 7 nitrogen and oxygen atoms in total. The van der Waals surface area contributed by atoms with Crippen LogP contribution < -0.4 is 15.0 Å². The second-order valence-electron chi connectivity index (χ2n) is 6.32. The van der Waals surface area contributed by atoms with Crippen LogP contribution in [0.4, 0.5) is 10.5 Å². The summed E-state index contributed by atoms with van der Waals surface area (Å²) in [5.41, 5.74) is 1.10. The van der Waals surface area contributed by atoms with Crippen LogP contribution in [0.15, 0.2) is 24.3 Å². The summed E-state index contributed by atoms with van der Waals surface area (Å²) in [6.45, 7) is 8.73. The van der Waals surface area contributed by atoms with Crippen molar-refractivity contribution >= 4 is 17.6 Å². The molecule has 2 aliphatic heterocycles. The van der Waals surface area contributed by atoms with Gasteiger partial charge in [0.15, 0.2) is 0 Å². The Balaban J connectivity index is 1.60. The number of rotatable bonds is 5. The number of anilines is 1. The number of urea groups is 1. The molecule has 0 aliphatic carbocycles. The maximum atomic E-state index is 12.5. The average Bonchev–Trinajstić information content (AvgIpc) is 3.07. The molecule has 0 radical (unpaired) electrons. The number of amides is 3. The second kappa shape index (κ2) is 7.74. The Morgan fingerprint density at radius 1 is 1.20 bits per heavy atom. The van der Waals surface area contributed by atoms with Gasteiger partial charge >= 0.3 is 6.03 Å². The predicted octanol–water partition coefficient (Wildman–Crippen LogP) is 1.15. The van der Waals surface area contributed by atoms with Crippen LogP contribution in [0.2, 0.25) is 0 Å². The van der Waals surface area contributed by atoms with Crippen LogP contribution in [0, 0.1) is 0 Å². The van der Waals surface area contributed by atoms with Gasteiger partial charge < -0.3 is 15.0 Å². The Labute approximate surface area is 148 Å². The molecule has 0 saturated carbocycles. The molecule has 3 amide bonds. The van der Waals surface area contributed by atoms with Gasteiger partial charge in [-0.25, -0.2) is 4.79 Å². The average molecular weight is 346 g/mol. The molecule has 0 aromatic heterocycles. The third kappa shape index (κ3) is 3.71. The maximum Gasteiger partial charge on any atom is 0.324 e. The first kappa shape index (κ1) is 17.5. The number of piperazine rings is 1. The van der Waals surface area contributed by atoms with Gasteiger partial charge in [0.1, 0.15) is 5.75 Å². The molecule has 2 fully saturated rings. The SMILES string of the molecule is CCOc1ccccc1N1CCN([C@H](C)C(=O)N2CCNC2=O)CC1. The highest BCUT2D eigenvalue weighted by Gasteiger charge is 2.34. The smallest absolute Gasteiger partial charge is 0.324 e. The van der Waals surface area contributed by atoms with Gasteiger partial charge in [-0.05, 0) is 26.0 Å². The third-order valence-electron chi connectivity index (χ3n) is 4.85. The minimum absolute atomic E-state index is 0.113. The molecule has 1 atom stereocenters. The van der Waals surface area contributed by atoms with Crippen molar-refractivity contribution < 1.29 is 14.3 Å². The highest BCUT2D eigenvalue weighted by atomic mass is 16.5. The number of nitrogens with one attached hydrogen (secondary N) is 1. The third-order valence-corrected chi connectivity index (χ3v) is 4.85. The zero-order valence-electron chi connectivity index (χ0n) is 14.9. The van der Waals surface area contributed by atoms with Crippen LogP contribution in [-0.4, -0.2) is 73.7 Å². The van der Waals surface area contributed by atoms with Crippen LogP contribution >= 0.6 is 0 Å². The van der Waals surface area contributed by atoms with E-state index in [1.807, 2.05) is 32.0 Å². The summed E-state index contributed by atoms with van der Waals surface area (Å²) < 4.78 is 5.72. The predicted molar refractivity (Wildman–Crippen MR) is 96.0 cm³/mol. The lowest BCUT2D eigenvalue weighted by Crippen LogP contribution is -2.55. The first-order valence-electron chi connectivity index (χ1n) is 8.92. The van der Waals surface area contributed by atoms with Crippen LogP contribution in [0.1, 0.15) is 13.8 Å². The van der Waals surface area contributed by atoms with Crippen LogP contribution in [0.25, 0.3) is 0 Å². The topological polar surface area (TPSA) is 65.1 Å². The molecule has 7 heteroatoms. The number of nitrogens with zero attached hydrogens (tertiary/aromatic N) is 3. The van der Waals surface area contributed by atoms with E-state index >= 15 is 0 Å². The first-order chi connectivity index (χ1) is 12.1. The summed E-state index contributed by atoms with van der Waals surface area (Å²) in [6.07, 6.45) is 0. The lowest BCUT2D eigenvalue weighted by Gasteiger charge is -2.39. The Morgan fingerprint density at radius 2 is 1.92 bits per heavy atom. The molecule has 2 saturated heterocycles. The molecule has 1 aromatic rings. The highest BCUT2D eigenvalue weighted by molar-refractivity contribution is 5.98. The van der Waals surface area contributed by atoms with E-state index in [-0.39, 0.29) is 18.0 Å². The molecule has 3 rings (SSSR count). The summed E-state index contributed by atoms with van der Waals surface area (Å²) in [5.74, 6) is 0.787. The fraction of sp³-hybridized carbons (Fsp3) is 0.556. The van der Waals surface area contributed by atoms with Crippen molar-refractivity contribution in [2.24, 2.45) is 0 Å². The molecule has 1 aromatic carbocycles. The fourth-order valence-corrected chi connectivity index (χ4v) is 3.41. The summed E-state index contributed by atoms with van der Waals surface area (Å²) in [7, 11) is 0. The Kier molecular flexibility index (Phi) is 5.43. The van der Waals surface area contributed by atoms with E-state index in [2.05, 4.69) is 21.2 Å². The summed E-state index contributed by atoms with van der Waals surface area (Å²) in [4.78, 5) is 30.0. The van der Waals surface area contributed by atoms with E-state index in [1.54, 1.807) is 0 Å². The molecular weight excluding hydrogens is 320 g/mol. The van der Waals surface area contributed by atoms with Crippen LogP contribution in [-0.2, 0) is 4.79 Å². The number of carbonyl (C=O) groups excluding carboxylic acids is 2. The van der Waals surface area contributed by atoms with E-state index in [0.717, 1.165) is 37.6 Å². The molecule has 2 aliphatic rings. The molecule has 0 unspecified atom stereocenters. The zero-order chi connectivity index (χ0) is 17.8. The number of hydrogen-bond acceptors (Lipinski definition) is 5. The lowest BCUT2D eigenvalue weighted by atomic mass is 10.2. The van der Waals surface area contributed by atoms with E-state index in [4.69, 9.17) is 4.74 Å². The largest absolute Gasteiger partial charge is 0.492 e. The number of benzene rings is 1. The quantitative estimate of drug-likeness (QED) is 0.866. The van der Waals surface area contributed by atoms with Gasteiger partial charge in [-0.2, -0.15) is 0 Å². The van der Waals surface area contributed by atoms with Crippen LogP contribution in [0.3, 0.4) is 0 Å². The maximum absolute atomic E-state index is 12.5. The van der Waals surface area contributed by atoms with Crippen molar-refractivity contribution in [2.45, 2.75) is 19.9 Å². The highest BCUT2D eigenvalue weighted by Crippen LogP contribution is 2.29. The number of ether oxygens (including phenoxy) is 1. The van der Waals surface area contributed by atoms with Crippen molar-refractivity contribution in [1.82, 2.24) is 15.1 Å². The number of hydrogen-bond donors (Lipinski definition) is 1. The Hall–Kier alpha value is -2.28. The minimum Gasteiger partial charge on any atom is -0.492 e. The summed E-state index contributed by atoms with van der Waals surface area (Å²) in [6, 6.07) is 7.50. The first-order valence-corrected chi connectivity index (χ1v) is 8.92. The molecular formula is C18H26N4O3. The summed E-state index contributed by atoms with van der Waals surface area (Å²) in [5, 5.41) is 2.68. The molecule has 1 N–H and O–H groups in total. The summed E-state index contributed by atoms with van der Waals surface area (Å²) >= 11 is 0. The van der Waals surface area contributed by atoms with Crippen molar-refractivity contribution in [1.29, 1.82) is 0 Å². The van der Waals surface area contributed by atoms with Gasteiger partial charge in [0.2, 0.25) is 5.91 Å². The van der Waals surface area contributed by atoms with Gasteiger partial charge in [-0.3, -0.25) is 14.6 Å². The van der Waals surface area contributed by atoms with Crippen LogP contribution in [0.5, 0.6) is 5.75 Å². The standard InChI is InChI=1S/C18H26N4O3/c1-3-25-16-7-5-4-6-15(16)21-12-10-20(11-13-21)14(2)17(23)22-9-8-19-18(22)24/h4-7,14H,3,8-13H2,1-2H3,(H,19,24)/t14-/m1/s1. The molecule has 2 heterocycles. The van der Waals surface area contributed by atoms with Crippen molar-refractivity contribution in [3.63, 3.8) is 0 Å². The van der Waals surface area contributed by atoms with E-state index in [0.29, 0.717) is 19.7 Å². The van der Waals surface area contributed by atoms with Gasteiger partial charge in [0.25, 0.3) is 0 Å². The molecule has 25 heavy (non-hydrogen) atoms. The van der Waals surface area contributed by atoms with Gasteiger partial charge in [0, 0.05) is 39.3 Å². The normalized spacial score (nSPS) is 19.7. The number of carbonyl (C=O) groups is 2. The molecule has 136 valence electrons. The minimum atomic E-state index is -0.284. The fourth-order valence-electron chi connectivity index (χ4n) is 3.41. The number of imide groups is 1. The van der Waals surface area contributed by atoms with Gasteiger partial charge in [-0.15, -0.1) is 0 Å². The Bertz CT molecular complexity index is 629. The van der Waals surface area contributed by atoms with E-state index in [9.17, 15) is 9.59 Å².